The second-order valence-electron chi connectivity index (χ2n) is 10.3. The fourth-order valence-corrected chi connectivity index (χ4v) is 5.12. The lowest BCUT2D eigenvalue weighted by Crippen LogP contribution is -2.33. The molecule has 1 atom stereocenters. The van der Waals surface area contributed by atoms with E-state index in [1.807, 2.05) is 52.0 Å². The Labute approximate surface area is 220 Å². The minimum atomic E-state index is -0.765. The van der Waals surface area contributed by atoms with Crippen LogP contribution in [0.1, 0.15) is 49.4 Å². The minimum Gasteiger partial charge on any atom is -0.444 e. The number of nitriles is 1. The number of benzene rings is 2. The molecule has 8 heteroatoms. The van der Waals surface area contributed by atoms with Gasteiger partial charge in [-0.2, -0.15) is 10.4 Å². The Bertz CT molecular complexity index is 1510. The number of nitrogens with zero attached hydrogens (tertiary/aromatic N) is 3. The number of hydrogen-bond acceptors (Lipinski definition) is 6. The summed E-state index contributed by atoms with van der Waals surface area (Å²) in [5.74, 6) is 0.585. The number of Topliss-reactive ketones (excluding diaryl/α,β-unsaturated/α-hetero) is 1. The molecule has 0 amide bonds. The first kappa shape index (κ1) is 24.7. The van der Waals surface area contributed by atoms with Crippen molar-refractivity contribution in [3.05, 3.63) is 93.2 Å². The van der Waals surface area contributed by atoms with E-state index < -0.39 is 5.92 Å². The number of halogens is 1. The topological polar surface area (TPSA) is 103 Å². The van der Waals surface area contributed by atoms with Gasteiger partial charge in [-0.25, -0.2) is 4.68 Å². The third kappa shape index (κ3) is 4.49. The predicted molar refractivity (Wildman–Crippen MR) is 140 cm³/mol. The highest BCUT2D eigenvalue weighted by atomic mass is 35.5. The van der Waals surface area contributed by atoms with Crippen molar-refractivity contribution < 1.29 is 14.3 Å². The molecule has 0 radical (unpaired) electrons. The Morgan fingerprint density at radius 1 is 1.14 bits per heavy atom. The molecule has 1 aliphatic heterocycles. The number of ether oxygens (including phenoxy) is 2. The van der Waals surface area contributed by atoms with Crippen LogP contribution in [0.5, 0.6) is 11.6 Å². The molecule has 1 aromatic heterocycles. The van der Waals surface area contributed by atoms with Crippen LogP contribution in [-0.2, 0) is 9.53 Å². The van der Waals surface area contributed by atoms with Gasteiger partial charge >= 0.3 is 0 Å². The van der Waals surface area contributed by atoms with Gasteiger partial charge in [-0.15, -0.1) is 0 Å². The Morgan fingerprint density at radius 3 is 2.46 bits per heavy atom. The number of carbonyl (C=O) groups excluding carboxylic acids is 1. The summed E-state index contributed by atoms with van der Waals surface area (Å²) in [7, 11) is 0. The Balaban J connectivity index is 1.76. The molecule has 0 fully saturated rings. The molecule has 37 heavy (non-hydrogen) atoms. The average Bonchev–Trinajstić information content (AvgIpc) is 3.14. The second-order valence-corrected chi connectivity index (χ2v) is 10.7. The number of allylic oxidation sites excluding steroid dienone is 3. The first-order valence-corrected chi connectivity index (χ1v) is 12.4. The lowest BCUT2D eigenvalue weighted by atomic mass is 9.70. The molecule has 0 saturated carbocycles. The molecule has 0 spiro atoms. The van der Waals surface area contributed by atoms with Crippen molar-refractivity contribution in [2.45, 2.75) is 46.5 Å². The maximum atomic E-state index is 13.5. The molecule has 2 aliphatic rings. The number of aromatic nitrogens is 2. The quantitative estimate of drug-likeness (QED) is 0.433. The lowest BCUT2D eigenvalue weighted by molar-refractivity contribution is -0.119. The predicted octanol–water partition coefficient (Wildman–Crippen LogP) is 6.39. The lowest BCUT2D eigenvalue weighted by Gasteiger charge is -2.37. The summed E-state index contributed by atoms with van der Waals surface area (Å²) < 4.78 is 14.0. The Hall–Kier alpha value is -4.02. The highest BCUT2D eigenvalue weighted by Gasteiger charge is 2.45. The van der Waals surface area contributed by atoms with Crippen LogP contribution < -0.4 is 10.5 Å². The van der Waals surface area contributed by atoms with E-state index in [2.05, 4.69) is 6.07 Å². The van der Waals surface area contributed by atoms with Crippen LogP contribution in [0.25, 0.3) is 5.69 Å². The molecular formula is C29H27ClN4O3. The van der Waals surface area contributed by atoms with Crippen molar-refractivity contribution in [1.29, 1.82) is 5.26 Å². The summed E-state index contributed by atoms with van der Waals surface area (Å²) in [6, 6.07) is 17.0. The zero-order valence-corrected chi connectivity index (χ0v) is 21.9. The van der Waals surface area contributed by atoms with Crippen molar-refractivity contribution in [2.75, 3.05) is 0 Å². The normalized spacial score (nSPS) is 18.8. The van der Waals surface area contributed by atoms with Gasteiger partial charge in [0.25, 0.3) is 0 Å². The molecule has 2 aromatic carbocycles. The van der Waals surface area contributed by atoms with Gasteiger partial charge in [0.1, 0.15) is 23.2 Å². The van der Waals surface area contributed by atoms with E-state index in [9.17, 15) is 10.1 Å². The zero-order valence-electron chi connectivity index (χ0n) is 21.1. The van der Waals surface area contributed by atoms with Crippen LogP contribution >= 0.6 is 11.6 Å². The van der Waals surface area contributed by atoms with Crippen LogP contribution in [0.15, 0.2) is 71.3 Å². The Kier molecular flexibility index (Phi) is 6.09. The van der Waals surface area contributed by atoms with Crippen molar-refractivity contribution in [2.24, 2.45) is 11.1 Å². The van der Waals surface area contributed by atoms with Gasteiger partial charge in [0.2, 0.25) is 11.8 Å². The van der Waals surface area contributed by atoms with Crippen LogP contribution in [0, 0.1) is 30.6 Å². The van der Waals surface area contributed by atoms with E-state index in [0.29, 0.717) is 52.1 Å². The van der Waals surface area contributed by atoms with Gasteiger partial charge in [-0.05, 0) is 55.7 Å². The van der Waals surface area contributed by atoms with Crippen molar-refractivity contribution >= 4 is 17.4 Å². The second kappa shape index (κ2) is 9.13. The molecule has 0 bridgehead atoms. The molecule has 0 saturated heterocycles. The van der Waals surface area contributed by atoms with Gasteiger partial charge < -0.3 is 15.2 Å². The molecule has 188 valence electrons. The maximum Gasteiger partial charge on any atom is 0.227 e. The van der Waals surface area contributed by atoms with E-state index in [4.69, 9.17) is 31.9 Å². The average molecular weight is 515 g/mol. The Morgan fingerprint density at radius 2 is 1.81 bits per heavy atom. The van der Waals surface area contributed by atoms with E-state index >= 15 is 0 Å². The largest absolute Gasteiger partial charge is 0.444 e. The maximum absolute atomic E-state index is 13.5. The summed E-state index contributed by atoms with van der Waals surface area (Å²) in [6.45, 7) is 7.88. The van der Waals surface area contributed by atoms with Gasteiger partial charge in [0, 0.05) is 23.4 Å². The molecule has 5 rings (SSSR count). The van der Waals surface area contributed by atoms with Crippen LogP contribution in [0.3, 0.4) is 0 Å². The summed E-state index contributed by atoms with van der Waals surface area (Å²) in [6.07, 6.45) is 0.866. The number of aryl methyl sites for hydroxylation is 2. The first-order chi connectivity index (χ1) is 17.6. The van der Waals surface area contributed by atoms with Crippen molar-refractivity contribution in [1.82, 2.24) is 9.78 Å². The summed E-state index contributed by atoms with van der Waals surface area (Å²) in [4.78, 5) is 13.5. The van der Waals surface area contributed by atoms with E-state index in [-0.39, 0.29) is 22.7 Å². The third-order valence-electron chi connectivity index (χ3n) is 6.73. The molecule has 2 heterocycles. The number of rotatable bonds is 4. The SMILES string of the molecule is Cc1ccc(-n2nc(C)c(C3C(C#N)=C(N)OC4=C3C(=O)CC(C)(C)C4)c2Oc2ccc(Cl)cc2)cc1. The summed E-state index contributed by atoms with van der Waals surface area (Å²) in [5.41, 5.74) is 9.68. The van der Waals surface area contributed by atoms with Crippen LogP contribution in [-0.4, -0.2) is 15.6 Å². The standard InChI is InChI=1S/C29H27ClN4O3/c1-16-5-9-19(10-6-16)34-28(36-20-11-7-18(30)8-12-20)24(17(2)33-34)25-21(15-31)27(32)37-23-14-29(3,4)13-22(35)26(23)25/h5-12,25H,13-14,32H2,1-4H3. The van der Waals surface area contributed by atoms with E-state index in [1.54, 1.807) is 28.9 Å². The minimum absolute atomic E-state index is 0.00308. The fraction of sp³-hybridized carbons (Fsp3) is 0.276. The molecule has 7 nitrogen and oxygen atoms in total. The number of ketones is 1. The van der Waals surface area contributed by atoms with Crippen LogP contribution in [0.4, 0.5) is 0 Å². The molecule has 3 aromatic rings. The van der Waals surface area contributed by atoms with Gasteiger partial charge in [0.15, 0.2) is 5.78 Å². The molecule has 1 unspecified atom stereocenters. The molecule has 2 N–H and O–H groups in total. The van der Waals surface area contributed by atoms with E-state index in [0.717, 1.165) is 11.3 Å². The zero-order chi connectivity index (χ0) is 26.5. The smallest absolute Gasteiger partial charge is 0.227 e. The highest BCUT2D eigenvalue weighted by Crippen LogP contribution is 2.51. The van der Waals surface area contributed by atoms with Gasteiger partial charge in [-0.3, -0.25) is 4.79 Å². The van der Waals surface area contributed by atoms with E-state index in [1.165, 1.54) is 0 Å². The van der Waals surface area contributed by atoms with Gasteiger partial charge in [0.05, 0.1) is 22.9 Å². The fourth-order valence-electron chi connectivity index (χ4n) is 5.00. The summed E-state index contributed by atoms with van der Waals surface area (Å²) in [5, 5.41) is 15.5. The van der Waals surface area contributed by atoms with Crippen molar-refractivity contribution in [3.8, 4) is 23.4 Å². The number of hydrogen-bond donors (Lipinski definition) is 1. The third-order valence-corrected chi connectivity index (χ3v) is 6.99. The number of carbonyl (C=O) groups is 1. The molecule has 1 aliphatic carbocycles. The highest BCUT2D eigenvalue weighted by molar-refractivity contribution is 6.30. The molecular weight excluding hydrogens is 488 g/mol. The van der Waals surface area contributed by atoms with Crippen LogP contribution in [0.2, 0.25) is 5.02 Å². The monoisotopic (exact) mass is 514 g/mol. The van der Waals surface area contributed by atoms with Gasteiger partial charge in [-0.1, -0.05) is 43.1 Å². The summed E-state index contributed by atoms with van der Waals surface area (Å²) >= 11 is 6.10. The number of nitrogens with two attached hydrogens (primary N) is 1. The first-order valence-electron chi connectivity index (χ1n) is 12.0. The van der Waals surface area contributed by atoms with Crippen molar-refractivity contribution in [3.63, 3.8) is 0 Å².